The Balaban J connectivity index is 1.92. The molecular weight excluding hydrogens is 292 g/mol. The van der Waals surface area contributed by atoms with Crippen molar-refractivity contribution < 1.29 is 9.47 Å². The summed E-state index contributed by atoms with van der Waals surface area (Å²) in [6, 6.07) is 8.15. The molecule has 2 aromatic rings. The molecule has 2 nitrogen and oxygen atoms in total. The number of alkyl halides is 1. The van der Waals surface area contributed by atoms with E-state index in [9.17, 15) is 0 Å². The van der Waals surface area contributed by atoms with E-state index in [0.717, 1.165) is 23.5 Å². The smallest absolute Gasteiger partial charge is 0.161 e. The van der Waals surface area contributed by atoms with Gasteiger partial charge in [0.25, 0.3) is 0 Å². The molecule has 106 valence electrons. The van der Waals surface area contributed by atoms with Crippen LogP contribution in [-0.4, -0.2) is 13.2 Å². The Hall–Kier alpha value is -1.19. The molecule has 1 aromatic carbocycles. The first kappa shape index (κ1) is 13.8. The van der Waals surface area contributed by atoms with Gasteiger partial charge in [-0.1, -0.05) is 6.07 Å². The molecule has 0 radical (unpaired) electrons. The van der Waals surface area contributed by atoms with Gasteiger partial charge in [0.15, 0.2) is 11.5 Å². The third-order valence-electron chi connectivity index (χ3n) is 3.50. The first-order valence-corrected chi connectivity index (χ1v) is 8.01. The van der Waals surface area contributed by atoms with Gasteiger partial charge in [-0.25, -0.2) is 0 Å². The molecule has 1 atom stereocenters. The van der Waals surface area contributed by atoms with E-state index < -0.39 is 0 Å². The highest BCUT2D eigenvalue weighted by Crippen LogP contribution is 2.39. The first-order chi connectivity index (χ1) is 9.65. The lowest BCUT2D eigenvalue weighted by molar-refractivity contribution is 0.297. The van der Waals surface area contributed by atoms with E-state index in [0.29, 0.717) is 13.2 Å². The number of benzene rings is 1. The Morgan fingerprint density at radius 3 is 2.55 bits per heavy atom. The summed E-state index contributed by atoms with van der Waals surface area (Å²) in [6.45, 7) is 5.65. The van der Waals surface area contributed by atoms with Crippen molar-refractivity contribution in [3.8, 4) is 11.5 Å². The molecule has 1 aliphatic heterocycles. The van der Waals surface area contributed by atoms with Gasteiger partial charge < -0.3 is 9.47 Å². The lowest BCUT2D eigenvalue weighted by atomic mass is 10.1. The van der Waals surface area contributed by atoms with E-state index in [2.05, 4.69) is 19.9 Å². The van der Waals surface area contributed by atoms with Gasteiger partial charge in [0.2, 0.25) is 0 Å². The van der Waals surface area contributed by atoms with E-state index in [1.165, 1.54) is 15.3 Å². The summed E-state index contributed by atoms with van der Waals surface area (Å²) >= 11 is 8.37. The maximum atomic E-state index is 6.61. The molecule has 3 rings (SSSR count). The van der Waals surface area contributed by atoms with Gasteiger partial charge in [0.05, 0.1) is 18.6 Å². The van der Waals surface area contributed by atoms with Crippen molar-refractivity contribution in [1.29, 1.82) is 0 Å². The summed E-state index contributed by atoms with van der Waals surface area (Å²) in [5.41, 5.74) is 2.35. The fourth-order valence-electron chi connectivity index (χ4n) is 2.23. The number of rotatable bonds is 2. The molecular formula is C16H17ClO2S. The summed E-state index contributed by atoms with van der Waals surface area (Å²) in [6.07, 6.45) is 0.914. The Morgan fingerprint density at radius 1 is 1.10 bits per heavy atom. The Morgan fingerprint density at radius 2 is 1.85 bits per heavy atom. The van der Waals surface area contributed by atoms with Crippen molar-refractivity contribution in [3.05, 3.63) is 45.1 Å². The van der Waals surface area contributed by atoms with E-state index in [1.807, 2.05) is 18.2 Å². The Kier molecular flexibility index (Phi) is 3.90. The number of hydrogen-bond donors (Lipinski definition) is 0. The van der Waals surface area contributed by atoms with Gasteiger partial charge >= 0.3 is 0 Å². The van der Waals surface area contributed by atoms with Crippen molar-refractivity contribution in [3.63, 3.8) is 0 Å². The number of ether oxygens (including phenoxy) is 2. The normalized spacial score (nSPS) is 15.8. The fraction of sp³-hybridized carbons (Fsp3) is 0.375. The number of fused-ring (bicyclic) bond motifs is 1. The van der Waals surface area contributed by atoms with Crippen LogP contribution >= 0.6 is 22.9 Å². The average molecular weight is 309 g/mol. The summed E-state index contributed by atoms with van der Waals surface area (Å²) in [4.78, 5) is 2.50. The van der Waals surface area contributed by atoms with Crippen LogP contribution in [0.15, 0.2) is 24.3 Å². The SMILES string of the molecule is Cc1cc(C(Cl)c2ccc3c(c2)OCCCO3)sc1C. The number of halogens is 1. The highest BCUT2D eigenvalue weighted by Gasteiger charge is 2.18. The summed E-state index contributed by atoms with van der Waals surface area (Å²) in [5.74, 6) is 1.62. The third kappa shape index (κ3) is 2.65. The molecule has 0 fully saturated rings. The standard InChI is InChI=1S/C16H17ClO2S/c1-10-8-15(20-11(10)2)16(17)12-4-5-13-14(9-12)19-7-3-6-18-13/h4-5,8-9,16H,3,6-7H2,1-2H3. The predicted molar refractivity (Wildman–Crippen MR) is 83.5 cm³/mol. The molecule has 0 saturated heterocycles. The molecule has 0 aliphatic carbocycles. The maximum absolute atomic E-state index is 6.61. The summed E-state index contributed by atoms with van der Waals surface area (Å²) < 4.78 is 11.4. The second kappa shape index (κ2) is 5.66. The highest BCUT2D eigenvalue weighted by atomic mass is 35.5. The lowest BCUT2D eigenvalue weighted by Crippen LogP contribution is -1.97. The quantitative estimate of drug-likeness (QED) is 0.738. The minimum Gasteiger partial charge on any atom is -0.490 e. The predicted octanol–water partition coefficient (Wildman–Crippen LogP) is 4.85. The molecule has 20 heavy (non-hydrogen) atoms. The summed E-state index contributed by atoms with van der Waals surface area (Å²) in [5, 5.41) is -0.135. The molecule has 1 aliphatic rings. The van der Waals surface area contributed by atoms with Crippen molar-refractivity contribution in [1.82, 2.24) is 0 Å². The van der Waals surface area contributed by atoms with Gasteiger partial charge in [0.1, 0.15) is 0 Å². The largest absolute Gasteiger partial charge is 0.490 e. The topological polar surface area (TPSA) is 18.5 Å². The summed E-state index contributed by atoms with van der Waals surface area (Å²) in [7, 11) is 0. The molecule has 0 spiro atoms. The van der Waals surface area contributed by atoms with Gasteiger partial charge in [-0.05, 0) is 43.2 Å². The van der Waals surface area contributed by atoms with Crippen LogP contribution in [0.4, 0.5) is 0 Å². The first-order valence-electron chi connectivity index (χ1n) is 6.75. The van der Waals surface area contributed by atoms with Crippen molar-refractivity contribution in [2.24, 2.45) is 0 Å². The Bertz CT molecular complexity index is 601. The molecule has 0 N–H and O–H groups in total. The van der Waals surface area contributed by atoms with Crippen LogP contribution < -0.4 is 9.47 Å². The van der Waals surface area contributed by atoms with Gasteiger partial charge in [0, 0.05) is 16.2 Å². The molecule has 2 heterocycles. The van der Waals surface area contributed by atoms with E-state index >= 15 is 0 Å². The van der Waals surface area contributed by atoms with Crippen molar-refractivity contribution >= 4 is 22.9 Å². The van der Waals surface area contributed by atoms with Gasteiger partial charge in [-0.2, -0.15) is 0 Å². The zero-order valence-corrected chi connectivity index (χ0v) is 13.2. The third-order valence-corrected chi connectivity index (χ3v) is 5.33. The number of hydrogen-bond acceptors (Lipinski definition) is 3. The minimum atomic E-state index is -0.135. The van der Waals surface area contributed by atoms with Gasteiger partial charge in [-0.3, -0.25) is 0 Å². The highest BCUT2D eigenvalue weighted by molar-refractivity contribution is 7.12. The molecule has 4 heteroatoms. The van der Waals surface area contributed by atoms with Crippen LogP contribution in [0.25, 0.3) is 0 Å². The average Bonchev–Trinajstić information content (AvgIpc) is 2.67. The number of thiophene rings is 1. The molecule has 0 amide bonds. The fourth-order valence-corrected chi connectivity index (χ4v) is 3.61. The molecule has 0 saturated carbocycles. The van der Waals surface area contributed by atoms with Crippen LogP contribution in [-0.2, 0) is 0 Å². The Labute approximate surface area is 128 Å². The van der Waals surface area contributed by atoms with Crippen LogP contribution in [0.1, 0.15) is 32.7 Å². The van der Waals surface area contributed by atoms with E-state index in [-0.39, 0.29) is 5.38 Å². The molecule has 1 aromatic heterocycles. The zero-order valence-electron chi connectivity index (χ0n) is 11.6. The van der Waals surface area contributed by atoms with Gasteiger partial charge in [-0.15, -0.1) is 22.9 Å². The molecule has 1 unspecified atom stereocenters. The minimum absolute atomic E-state index is 0.135. The lowest BCUT2D eigenvalue weighted by Gasteiger charge is -2.12. The van der Waals surface area contributed by atoms with Crippen LogP contribution in [0, 0.1) is 13.8 Å². The maximum Gasteiger partial charge on any atom is 0.161 e. The monoisotopic (exact) mass is 308 g/mol. The zero-order chi connectivity index (χ0) is 14.1. The van der Waals surface area contributed by atoms with E-state index in [4.69, 9.17) is 21.1 Å². The second-order valence-electron chi connectivity index (χ2n) is 5.01. The van der Waals surface area contributed by atoms with E-state index in [1.54, 1.807) is 11.3 Å². The second-order valence-corrected chi connectivity index (χ2v) is 6.73. The number of aryl methyl sites for hydroxylation is 2. The van der Waals surface area contributed by atoms with Crippen molar-refractivity contribution in [2.45, 2.75) is 25.6 Å². The van der Waals surface area contributed by atoms with Crippen LogP contribution in [0.5, 0.6) is 11.5 Å². The van der Waals surface area contributed by atoms with Crippen LogP contribution in [0.3, 0.4) is 0 Å². The molecule has 0 bridgehead atoms. The van der Waals surface area contributed by atoms with Crippen LogP contribution in [0.2, 0.25) is 0 Å². The van der Waals surface area contributed by atoms with Crippen molar-refractivity contribution in [2.75, 3.05) is 13.2 Å².